The first-order chi connectivity index (χ1) is 15.5. The highest BCUT2D eigenvalue weighted by atomic mass is 16.7. The van der Waals surface area contributed by atoms with Crippen LogP contribution in [0.5, 0.6) is 5.75 Å². The molecule has 4 atom stereocenters. The smallest absolute Gasteiger partial charge is 0.430 e. The lowest BCUT2D eigenvalue weighted by atomic mass is 9.90. The van der Waals surface area contributed by atoms with Crippen molar-refractivity contribution in [1.82, 2.24) is 4.90 Å². The lowest BCUT2D eigenvalue weighted by Gasteiger charge is -2.38. The summed E-state index contributed by atoms with van der Waals surface area (Å²) in [7, 11) is 0. The zero-order valence-corrected chi connectivity index (χ0v) is 17.8. The fourth-order valence-corrected chi connectivity index (χ4v) is 4.32. The molecule has 2 aliphatic rings. The second kappa shape index (κ2) is 10.1. The average molecular weight is 442 g/mol. The minimum atomic E-state index is -0.846. The number of benzene rings is 2. The molecule has 0 amide bonds. The molecule has 9 nitrogen and oxygen atoms in total. The van der Waals surface area contributed by atoms with Gasteiger partial charge in [0.1, 0.15) is 11.9 Å². The minimum absolute atomic E-state index is 0.0303. The summed E-state index contributed by atoms with van der Waals surface area (Å²) in [5, 5.41) is 10.8. The Morgan fingerprint density at radius 2 is 1.91 bits per heavy atom. The summed E-state index contributed by atoms with van der Waals surface area (Å²) >= 11 is 0. The van der Waals surface area contributed by atoms with Gasteiger partial charge in [0, 0.05) is 31.1 Å². The Kier molecular flexibility index (Phi) is 6.99. The van der Waals surface area contributed by atoms with E-state index >= 15 is 0 Å². The molecule has 2 heterocycles. The lowest BCUT2D eigenvalue weighted by Crippen LogP contribution is -2.50. The normalized spacial score (nSPS) is 24.7. The molecule has 0 N–H and O–H groups in total. The molecule has 32 heavy (non-hydrogen) atoms. The quantitative estimate of drug-likeness (QED) is 0.277. The average Bonchev–Trinajstić information content (AvgIpc) is 3.23. The van der Waals surface area contributed by atoms with Gasteiger partial charge in [0.15, 0.2) is 6.29 Å². The van der Waals surface area contributed by atoms with E-state index in [1.54, 1.807) is 0 Å². The summed E-state index contributed by atoms with van der Waals surface area (Å²) in [4.78, 5) is 25.0. The zero-order chi connectivity index (χ0) is 22.5. The van der Waals surface area contributed by atoms with E-state index in [1.165, 1.54) is 29.8 Å². The molecule has 0 radical (unpaired) electrons. The maximum absolute atomic E-state index is 12.5. The second-order valence-corrected chi connectivity index (χ2v) is 7.81. The number of non-ortho nitro benzene ring substituents is 1. The lowest BCUT2D eigenvalue weighted by molar-refractivity contribution is -0.384. The Hall–Kier alpha value is -3.01. The second-order valence-electron chi connectivity index (χ2n) is 7.81. The van der Waals surface area contributed by atoms with Crippen LogP contribution in [0.1, 0.15) is 18.9 Å². The molecular formula is C23H26N2O7. The molecule has 2 saturated heterocycles. The molecule has 2 aliphatic heterocycles. The summed E-state index contributed by atoms with van der Waals surface area (Å²) in [6.07, 6.45) is -1.16. The predicted molar refractivity (Wildman–Crippen MR) is 114 cm³/mol. The van der Waals surface area contributed by atoms with E-state index in [0.29, 0.717) is 19.6 Å². The number of nitro benzene ring substituents is 1. The van der Waals surface area contributed by atoms with Crippen LogP contribution < -0.4 is 4.74 Å². The molecule has 0 aromatic heterocycles. The Morgan fingerprint density at radius 3 is 2.59 bits per heavy atom. The highest BCUT2D eigenvalue weighted by Crippen LogP contribution is 2.36. The number of hydrogen-bond acceptors (Lipinski definition) is 8. The van der Waals surface area contributed by atoms with Crippen molar-refractivity contribution in [3.8, 4) is 5.75 Å². The molecule has 9 heteroatoms. The molecule has 0 saturated carbocycles. The van der Waals surface area contributed by atoms with Crippen LogP contribution in [0.2, 0.25) is 0 Å². The summed E-state index contributed by atoms with van der Waals surface area (Å²) in [5.74, 6) is 0.0412. The minimum Gasteiger partial charge on any atom is -0.430 e. The Balaban J connectivity index is 1.42. The molecule has 0 spiro atoms. The molecule has 2 fully saturated rings. The fourth-order valence-electron chi connectivity index (χ4n) is 4.32. The van der Waals surface area contributed by atoms with E-state index in [9.17, 15) is 14.9 Å². The first-order valence-electron chi connectivity index (χ1n) is 10.7. The maximum Gasteiger partial charge on any atom is 0.514 e. The van der Waals surface area contributed by atoms with Crippen LogP contribution in [-0.2, 0) is 20.8 Å². The van der Waals surface area contributed by atoms with Gasteiger partial charge in [-0.3, -0.25) is 15.0 Å². The van der Waals surface area contributed by atoms with Crippen molar-refractivity contribution in [1.29, 1.82) is 0 Å². The third-order valence-electron chi connectivity index (χ3n) is 5.90. The van der Waals surface area contributed by atoms with Gasteiger partial charge in [-0.25, -0.2) is 4.79 Å². The van der Waals surface area contributed by atoms with Crippen molar-refractivity contribution in [3.63, 3.8) is 0 Å². The highest BCUT2D eigenvalue weighted by molar-refractivity contribution is 5.64. The van der Waals surface area contributed by atoms with E-state index in [2.05, 4.69) is 24.0 Å². The van der Waals surface area contributed by atoms with Crippen molar-refractivity contribution in [2.45, 2.75) is 38.3 Å². The van der Waals surface area contributed by atoms with Gasteiger partial charge in [-0.05, 0) is 24.2 Å². The number of hydrogen-bond donors (Lipinski definition) is 0. The summed E-state index contributed by atoms with van der Waals surface area (Å²) in [6, 6.07) is 15.5. The summed E-state index contributed by atoms with van der Waals surface area (Å²) < 4.78 is 22.6. The largest absolute Gasteiger partial charge is 0.514 e. The Morgan fingerprint density at radius 1 is 1.16 bits per heavy atom. The van der Waals surface area contributed by atoms with Gasteiger partial charge in [-0.2, -0.15) is 0 Å². The predicted octanol–water partition coefficient (Wildman–Crippen LogP) is 3.76. The standard InChI is InChI=1S/C23H26N2O7/c1-2-24(14-16-6-4-3-5-7-16)19-15-30-22-21(19)20(12-13-29-22)32-23(26)31-18-10-8-17(9-11-18)25(27)28/h3-11,19-22H,2,12-15H2,1H3/t19-,20-,21-,22-/m0/s1. The topological polar surface area (TPSA) is 100 Å². The van der Waals surface area contributed by atoms with Crippen LogP contribution in [0.15, 0.2) is 54.6 Å². The van der Waals surface area contributed by atoms with Crippen molar-refractivity contribution in [2.24, 2.45) is 5.92 Å². The first-order valence-corrected chi connectivity index (χ1v) is 10.7. The van der Waals surface area contributed by atoms with Crippen LogP contribution in [-0.4, -0.2) is 54.2 Å². The Labute approximate surface area is 186 Å². The van der Waals surface area contributed by atoms with Gasteiger partial charge in [-0.1, -0.05) is 37.3 Å². The molecule has 0 aliphatic carbocycles. The molecule has 170 valence electrons. The van der Waals surface area contributed by atoms with Gasteiger partial charge in [0.05, 0.1) is 24.1 Å². The zero-order valence-electron chi connectivity index (χ0n) is 17.8. The summed E-state index contributed by atoms with van der Waals surface area (Å²) in [5.41, 5.74) is 1.12. The van der Waals surface area contributed by atoms with Gasteiger partial charge < -0.3 is 18.9 Å². The number of fused-ring (bicyclic) bond motifs is 1. The molecule has 2 aromatic carbocycles. The van der Waals surface area contributed by atoms with E-state index < -0.39 is 23.5 Å². The van der Waals surface area contributed by atoms with Gasteiger partial charge >= 0.3 is 6.16 Å². The third-order valence-corrected chi connectivity index (χ3v) is 5.90. The highest BCUT2D eigenvalue weighted by Gasteiger charge is 2.49. The monoisotopic (exact) mass is 442 g/mol. The van der Waals surface area contributed by atoms with Crippen molar-refractivity contribution in [2.75, 3.05) is 19.8 Å². The van der Waals surface area contributed by atoms with Crippen LogP contribution in [0.3, 0.4) is 0 Å². The molecule has 0 unspecified atom stereocenters. The van der Waals surface area contributed by atoms with E-state index in [0.717, 1.165) is 13.1 Å². The third kappa shape index (κ3) is 5.07. The van der Waals surface area contributed by atoms with Crippen LogP contribution >= 0.6 is 0 Å². The van der Waals surface area contributed by atoms with E-state index in [-0.39, 0.29) is 23.4 Å². The van der Waals surface area contributed by atoms with Crippen molar-refractivity contribution in [3.05, 3.63) is 70.3 Å². The van der Waals surface area contributed by atoms with Crippen LogP contribution in [0.25, 0.3) is 0 Å². The maximum atomic E-state index is 12.5. The van der Waals surface area contributed by atoms with Crippen LogP contribution in [0, 0.1) is 16.0 Å². The van der Waals surface area contributed by atoms with Crippen molar-refractivity contribution >= 4 is 11.8 Å². The number of rotatable bonds is 7. The summed E-state index contributed by atoms with van der Waals surface area (Å²) in [6.45, 7) is 4.58. The number of nitro groups is 1. The fraction of sp³-hybridized carbons (Fsp3) is 0.435. The number of nitrogens with zero attached hydrogens (tertiary/aromatic N) is 2. The molecule has 2 aromatic rings. The number of carbonyl (C=O) groups excluding carboxylic acids is 1. The number of carbonyl (C=O) groups is 1. The van der Waals surface area contributed by atoms with Gasteiger partial charge in [0.25, 0.3) is 5.69 Å². The van der Waals surface area contributed by atoms with Gasteiger partial charge in [0.2, 0.25) is 0 Å². The molecular weight excluding hydrogens is 416 g/mol. The number of likely N-dealkylation sites (N-methyl/N-ethyl adjacent to an activating group) is 1. The van der Waals surface area contributed by atoms with Gasteiger partial charge in [-0.15, -0.1) is 0 Å². The SMILES string of the molecule is CCN(Cc1ccccc1)[C@H]1CO[C@@H]2OCC[C@H](OC(=O)Oc3ccc([N+](=O)[O-])cc3)[C@@H]21. The van der Waals surface area contributed by atoms with Crippen LogP contribution in [0.4, 0.5) is 10.5 Å². The van der Waals surface area contributed by atoms with E-state index in [4.69, 9.17) is 18.9 Å². The van der Waals surface area contributed by atoms with E-state index in [1.807, 2.05) is 18.2 Å². The van der Waals surface area contributed by atoms with Crippen molar-refractivity contribution < 1.29 is 28.7 Å². The first kappa shape index (κ1) is 22.2. The Bertz CT molecular complexity index is 922. The number of ether oxygens (including phenoxy) is 4. The molecule has 0 bridgehead atoms. The molecule has 4 rings (SSSR count).